The Morgan fingerprint density at radius 1 is 1.03 bits per heavy atom. The van der Waals surface area contributed by atoms with Gasteiger partial charge in [0.15, 0.2) is 5.65 Å². The number of nitrogens with one attached hydrogen (secondary N) is 2. The van der Waals surface area contributed by atoms with Crippen LogP contribution < -0.4 is 5.73 Å². The second-order valence-corrected chi connectivity index (χ2v) is 7.75. The fraction of sp³-hybridized carbons (Fsp3) is 0.125. The number of hydrogen-bond acceptors (Lipinski definition) is 4. The molecule has 3 aromatic heterocycles. The van der Waals surface area contributed by atoms with Crippen molar-refractivity contribution in [3.05, 3.63) is 77.6 Å². The SMILES string of the molecule is Cc1nc2c(-c3cc4ccc(C(=O)N(C)Cc5ccccc5)cc4[nH]3)cc(N)nc2[nH]1. The molecule has 0 aliphatic heterocycles. The molecule has 3 heterocycles. The van der Waals surface area contributed by atoms with E-state index in [0.717, 1.165) is 39.1 Å². The van der Waals surface area contributed by atoms with Crippen LogP contribution in [-0.2, 0) is 6.54 Å². The minimum Gasteiger partial charge on any atom is -0.384 e. The number of carbonyl (C=O) groups excluding carboxylic acids is 1. The van der Waals surface area contributed by atoms with E-state index in [4.69, 9.17) is 5.73 Å². The van der Waals surface area contributed by atoms with Crippen LogP contribution in [0.5, 0.6) is 0 Å². The van der Waals surface area contributed by atoms with Crippen LogP contribution >= 0.6 is 0 Å². The van der Waals surface area contributed by atoms with Crippen molar-refractivity contribution in [1.82, 2.24) is 24.8 Å². The van der Waals surface area contributed by atoms with Crippen molar-refractivity contribution in [1.29, 1.82) is 0 Å². The van der Waals surface area contributed by atoms with Gasteiger partial charge in [-0.2, -0.15) is 0 Å². The summed E-state index contributed by atoms with van der Waals surface area (Å²) in [5.41, 5.74) is 11.8. The second kappa shape index (κ2) is 7.28. The monoisotopic (exact) mass is 410 g/mol. The van der Waals surface area contributed by atoms with Gasteiger partial charge in [0.05, 0.1) is 0 Å². The minimum atomic E-state index is -0.0274. The van der Waals surface area contributed by atoms with Crippen molar-refractivity contribution in [3.63, 3.8) is 0 Å². The number of nitrogens with zero attached hydrogens (tertiary/aromatic N) is 3. The average molecular weight is 410 g/mol. The highest BCUT2D eigenvalue weighted by molar-refractivity contribution is 6.00. The van der Waals surface area contributed by atoms with E-state index in [1.54, 1.807) is 4.90 Å². The molecule has 5 aromatic rings. The highest BCUT2D eigenvalue weighted by Crippen LogP contribution is 2.30. The van der Waals surface area contributed by atoms with E-state index in [1.807, 2.05) is 74.6 Å². The normalized spacial score (nSPS) is 11.3. The summed E-state index contributed by atoms with van der Waals surface area (Å²) in [5.74, 6) is 1.17. The topological polar surface area (TPSA) is 104 Å². The molecule has 0 aliphatic carbocycles. The van der Waals surface area contributed by atoms with Crippen molar-refractivity contribution >= 4 is 33.8 Å². The molecule has 0 aliphatic rings. The molecule has 5 rings (SSSR count). The molecule has 7 heteroatoms. The lowest BCUT2D eigenvalue weighted by atomic mass is 10.1. The Balaban J connectivity index is 1.49. The Morgan fingerprint density at radius 2 is 1.84 bits per heavy atom. The van der Waals surface area contributed by atoms with Gasteiger partial charge in [-0.05, 0) is 36.8 Å². The summed E-state index contributed by atoms with van der Waals surface area (Å²) < 4.78 is 0. The van der Waals surface area contributed by atoms with Gasteiger partial charge in [-0.15, -0.1) is 0 Å². The van der Waals surface area contributed by atoms with Gasteiger partial charge in [0.1, 0.15) is 17.2 Å². The van der Waals surface area contributed by atoms with E-state index < -0.39 is 0 Å². The molecule has 4 N–H and O–H groups in total. The van der Waals surface area contributed by atoms with Gasteiger partial charge >= 0.3 is 0 Å². The van der Waals surface area contributed by atoms with Crippen LogP contribution in [-0.4, -0.2) is 37.8 Å². The number of amides is 1. The Kier molecular flexibility index (Phi) is 4.43. The number of H-pyrrole nitrogens is 2. The number of benzene rings is 2. The first-order valence-corrected chi connectivity index (χ1v) is 10.0. The zero-order chi connectivity index (χ0) is 21.5. The third-order valence-corrected chi connectivity index (χ3v) is 5.36. The summed E-state index contributed by atoms with van der Waals surface area (Å²) in [6, 6.07) is 19.5. The Labute approximate surface area is 178 Å². The van der Waals surface area contributed by atoms with Crippen LogP contribution in [0.4, 0.5) is 5.82 Å². The summed E-state index contributed by atoms with van der Waals surface area (Å²) in [4.78, 5) is 30.1. The number of anilines is 1. The van der Waals surface area contributed by atoms with Gasteiger partial charge in [-0.3, -0.25) is 4.79 Å². The number of imidazole rings is 1. The summed E-state index contributed by atoms with van der Waals surface area (Å²) >= 11 is 0. The van der Waals surface area contributed by atoms with Crippen LogP contribution in [0, 0.1) is 6.92 Å². The van der Waals surface area contributed by atoms with Crippen molar-refractivity contribution < 1.29 is 4.79 Å². The number of aromatic amines is 2. The van der Waals surface area contributed by atoms with Crippen molar-refractivity contribution in [2.75, 3.05) is 12.8 Å². The molecule has 2 aromatic carbocycles. The number of pyridine rings is 1. The first-order chi connectivity index (χ1) is 15.0. The molecule has 0 unspecified atom stereocenters. The van der Waals surface area contributed by atoms with E-state index in [2.05, 4.69) is 19.9 Å². The summed E-state index contributed by atoms with van der Waals surface area (Å²) in [6.07, 6.45) is 0. The average Bonchev–Trinajstić information content (AvgIpc) is 3.35. The van der Waals surface area contributed by atoms with E-state index in [9.17, 15) is 4.79 Å². The lowest BCUT2D eigenvalue weighted by Gasteiger charge is -2.17. The van der Waals surface area contributed by atoms with Crippen LogP contribution in [0.1, 0.15) is 21.7 Å². The zero-order valence-electron chi connectivity index (χ0n) is 17.3. The summed E-state index contributed by atoms with van der Waals surface area (Å²) in [5, 5.41) is 1.01. The number of hydrogen-bond donors (Lipinski definition) is 3. The number of aromatic nitrogens is 4. The molecule has 0 spiro atoms. The molecule has 7 nitrogen and oxygen atoms in total. The fourth-order valence-electron chi connectivity index (χ4n) is 3.89. The molecule has 1 amide bonds. The van der Waals surface area contributed by atoms with Gasteiger partial charge in [-0.1, -0.05) is 36.4 Å². The van der Waals surface area contributed by atoms with Crippen molar-refractivity contribution in [2.45, 2.75) is 13.5 Å². The molecule has 0 atom stereocenters. The number of aryl methyl sites for hydroxylation is 1. The van der Waals surface area contributed by atoms with Gasteiger partial charge in [-0.25, -0.2) is 9.97 Å². The quantitative estimate of drug-likeness (QED) is 0.412. The first kappa shape index (κ1) is 18.9. The summed E-state index contributed by atoms with van der Waals surface area (Å²) in [6.45, 7) is 2.44. The number of nitrogens with two attached hydrogens (primary N) is 1. The molecular formula is C24H22N6O. The first-order valence-electron chi connectivity index (χ1n) is 10.0. The molecule has 154 valence electrons. The maximum Gasteiger partial charge on any atom is 0.253 e. The van der Waals surface area contributed by atoms with Crippen molar-refractivity contribution in [2.24, 2.45) is 0 Å². The molecule has 0 radical (unpaired) electrons. The molecular weight excluding hydrogens is 388 g/mol. The number of carbonyl (C=O) groups is 1. The van der Waals surface area contributed by atoms with E-state index >= 15 is 0 Å². The molecule has 31 heavy (non-hydrogen) atoms. The minimum absolute atomic E-state index is 0.0274. The van der Waals surface area contributed by atoms with Gasteiger partial charge in [0.2, 0.25) is 0 Å². The van der Waals surface area contributed by atoms with E-state index in [1.165, 1.54) is 0 Å². The van der Waals surface area contributed by atoms with E-state index in [-0.39, 0.29) is 5.91 Å². The van der Waals surface area contributed by atoms with Crippen LogP contribution in [0.25, 0.3) is 33.3 Å². The number of fused-ring (bicyclic) bond motifs is 2. The predicted octanol–water partition coefficient (Wildman–Crippen LogP) is 4.27. The van der Waals surface area contributed by atoms with Gasteiger partial charge < -0.3 is 20.6 Å². The molecule has 0 fully saturated rings. The van der Waals surface area contributed by atoms with Crippen LogP contribution in [0.2, 0.25) is 0 Å². The molecule has 0 bridgehead atoms. The van der Waals surface area contributed by atoms with Gasteiger partial charge in [0, 0.05) is 41.3 Å². The predicted molar refractivity (Wildman–Crippen MR) is 123 cm³/mol. The van der Waals surface area contributed by atoms with Crippen molar-refractivity contribution in [3.8, 4) is 11.3 Å². The highest BCUT2D eigenvalue weighted by Gasteiger charge is 2.16. The smallest absolute Gasteiger partial charge is 0.253 e. The standard InChI is InChI=1S/C24H22N6O/c1-14-26-22-18(12-21(25)29-23(22)27-14)20-10-16-8-9-17(11-19(16)28-20)24(31)30(2)13-15-6-4-3-5-7-15/h3-12,28H,13H2,1-2H3,(H3,25,26,27,29). The van der Waals surface area contributed by atoms with Gasteiger partial charge in [0.25, 0.3) is 5.91 Å². The highest BCUT2D eigenvalue weighted by atomic mass is 16.2. The number of rotatable bonds is 4. The zero-order valence-corrected chi connectivity index (χ0v) is 17.3. The van der Waals surface area contributed by atoms with Crippen LogP contribution in [0.15, 0.2) is 60.7 Å². The second-order valence-electron chi connectivity index (χ2n) is 7.75. The lowest BCUT2D eigenvalue weighted by Crippen LogP contribution is -2.26. The fourth-order valence-corrected chi connectivity index (χ4v) is 3.89. The Hall–Kier alpha value is -4.13. The molecule has 0 saturated carbocycles. The van der Waals surface area contributed by atoms with E-state index in [0.29, 0.717) is 23.6 Å². The number of nitrogen functional groups attached to an aromatic ring is 1. The largest absolute Gasteiger partial charge is 0.384 e. The maximum absolute atomic E-state index is 13.0. The van der Waals surface area contributed by atoms with Crippen LogP contribution in [0.3, 0.4) is 0 Å². The molecule has 0 saturated heterocycles. The maximum atomic E-state index is 13.0. The third-order valence-electron chi connectivity index (χ3n) is 5.36. The third kappa shape index (κ3) is 3.50. The Bertz CT molecular complexity index is 1420. The Morgan fingerprint density at radius 3 is 2.65 bits per heavy atom. The lowest BCUT2D eigenvalue weighted by molar-refractivity contribution is 0.0785. The summed E-state index contributed by atoms with van der Waals surface area (Å²) in [7, 11) is 1.82.